The van der Waals surface area contributed by atoms with Crippen molar-refractivity contribution in [3.8, 4) is 0 Å². The summed E-state index contributed by atoms with van der Waals surface area (Å²) < 4.78 is 7.39. The van der Waals surface area contributed by atoms with E-state index in [1.807, 2.05) is 0 Å². The molecule has 2 nitrogen and oxygen atoms in total. The third-order valence-electron chi connectivity index (χ3n) is 8.02. The molecule has 3 heteroatoms. The van der Waals surface area contributed by atoms with Gasteiger partial charge in [-0.3, -0.25) is 0 Å². The average Bonchev–Trinajstić information content (AvgIpc) is 3.52. The Morgan fingerprint density at radius 1 is 0.676 bits per heavy atom. The second-order valence-corrected chi connectivity index (χ2v) is 9.72. The van der Waals surface area contributed by atoms with Gasteiger partial charge in [-0.25, -0.2) is 0 Å². The van der Waals surface area contributed by atoms with Crippen molar-refractivity contribution in [1.82, 2.24) is 0 Å². The van der Waals surface area contributed by atoms with Crippen LogP contribution in [-0.2, 0) is 10.3 Å². The van der Waals surface area contributed by atoms with Crippen LogP contribution in [0.4, 0.5) is 0 Å². The van der Waals surface area contributed by atoms with Crippen molar-refractivity contribution < 1.29 is 9.47 Å². The number of fused-ring (bicyclic) bond motifs is 4. The standard InChI is InChI=1S/C31H26BNO/c1-3-13-24(14-4-1)31(25-15-5-2-6-16-25)30-20-11-21-33(30)32(34-31)29-22-23-12-7-8-17-26(23)27-18-9-10-19-28(27)29/h1-10,12-19,22,30H,11,20-21H2/p+1. The molecule has 0 aliphatic carbocycles. The van der Waals surface area contributed by atoms with Crippen LogP contribution in [0.15, 0.2) is 115 Å². The van der Waals surface area contributed by atoms with Crippen molar-refractivity contribution in [2.75, 3.05) is 6.54 Å². The zero-order valence-electron chi connectivity index (χ0n) is 19.2. The minimum atomic E-state index is -0.453. The summed E-state index contributed by atoms with van der Waals surface area (Å²) in [6.07, 6.45) is 2.40. The maximum absolute atomic E-state index is 7.39. The van der Waals surface area contributed by atoms with Gasteiger partial charge in [-0.2, -0.15) is 0 Å². The molecule has 0 amide bonds. The van der Waals surface area contributed by atoms with Gasteiger partial charge in [0.25, 0.3) is 0 Å². The molecule has 2 aliphatic rings. The van der Waals surface area contributed by atoms with E-state index in [0.717, 1.165) is 6.54 Å². The Labute approximate surface area is 200 Å². The van der Waals surface area contributed by atoms with E-state index < -0.39 is 5.60 Å². The summed E-state index contributed by atoms with van der Waals surface area (Å²) >= 11 is 0. The predicted octanol–water partition coefficient (Wildman–Crippen LogP) is 4.71. The number of quaternary nitrogens is 1. The monoisotopic (exact) mass is 440 g/mol. The molecule has 0 spiro atoms. The summed E-state index contributed by atoms with van der Waals surface area (Å²) in [7, 11) is -0.0116. The van der Waals surface area contributed by atoms with Gasteiger partial charge in [0.15, 0.2) is 5.60 Å². The SMILES string of the molecule is c1ccc(C2(c3ccccc3)OB(c3cc4ccccc4c4ccccc34)[NH+]3CCCC32)cc1. The minimum absolute atomic E-state index is 0.0116. The first-order chi connectivity index (χ1) is 16.9. The second-order valence-electron chi connectivity index (χ2n) is 9.72. The van der Waals surface area contributed by atoms with Gasteiger partial charge < -0.3 is 9.47 Å². The van der Waals surface area contributed by atoms with E-state index >= 15 is 0 Å². The zero-order chi connectivity index (χ0) is 22.5. The van der Waals surface area contributed by atoms with Gasteiger partial charge in [0.05, 0.1) is 6.54 Å². The van der Waals surface area contributed by atoms with E-state index in [1.54, 1.807) is 4.81 Å². The average molecular weight is 440 g/mol. The van der Waals surface area contributed by atoms with Crippen LogP contribution in [0.1, 0.15) is 24.0 Å². The maximum atomic E-state index is 7.39. The highest BCUT2D eigenvalue weighted by Crippen LogP contribution is 2.42. The van der Waals surface area contributed by atoms with Crippen LogP contribution in [0.3, 0.4) is 0 Å². The first kappa shape index (κ1) is 20.0. The second kappa shape index (κ2) is 7.83. The molecule has 34 heavy (non-hydrogen) atoms. The third-order valence-corrected chi connectivity index (χ3v) is 8.02. The lowest BCUT2D eigenvalue weighted by Crippen LogP contribution is -3.19. The van der Waals surface area contributed by atoms with E-state index in [0.29, 0.717) is 6.04 Å². The number of benzene rings is 5. The Balaban J connectivity index is 1.48. The van der Waals surface area contributed by atoms with Gasteiger partial charge in [0.1, 0.15) is 6.04 Å². The van der Waals surface area contributed by atoms with Gasteiger partial charge in [-0.05, 0) is 38.7 Å². The lowest BCUT2D eigenvalue weighted by atomic mass is 9.69. The number of nitrogens with one attached hydrogen (secondary N) is 1. The zero-order valence-corrected chi connectivity index (χ0v) is 19.2. The fourth-order valence-corrected chi connectivity index (χ4v) is 6.63. The van der Waals surface area contributed by atoms with E-state index in [9.17, 15) is 0 Å². The van der Waals surface area contributed by atoms with E-state index in [-0.39, 0.29) is 7.05 Å². The van der Waals surface area contributed by atoms with Gasteiger partial charge in [-0.15, -0.1) is 0 Å². The summed E-state index contributed by atoms with van der Waals surface area (Å²) in [4.78, 5) is 1.56. The Bertz CT molecular complexity index is 1440. The van der Waals surface area contributed by atoms with Crippen molar-refractivity contribution in [2.45, 2.75) is 24.5 Å². The molecular weight excluding hydrogens is 413 g/mol. The van der Waals surface area contributed by atoms with Crippen molar-refractivity contribution >= 4 is 34.1 Å². The fraction of sp³-hybridized carbons (Fsp3) is 0.161. The number of rotatable bonds is 3. The fourth-order valence-electron chi connectivity index (χ4n) is 6.63. The van der Waals surface area contributed by atoms with Gasteiger partial charge >= 0.3 is 7.05 Å². The van der Waals surface area contributed by atoms with Gasteiger partial charge in [-0.1, -0.05) is 109 Å². The third kappa shape index (κ3) is 2.84. The minimum Gasteiger partial charge on any atom is -0.368 e. The lowest BCUT2D eigenvalue weighted by Gasteiger charge is -2.33. The van der Waals surface area contributed by atoms with Gasteiger partial charge in [0.2, 0.25) is 0 Å². The van der Waals surface area contributed by atoms with E-state index in [1.165, 1.54) is 51.0 Å². The molecule has 2 atom stereocenters. The number of hydrogen-bond acceptors (Lipinski definition) is 1. The van der Waals surface area contributed by atoms with Crippen molar-refractivity contribution in [2.24, 2.45) is 0 Å². The highest BCUT2D eigenvalue weighted by molar-refractivity contribution is 6.64. The van der Waals surface area contributed by atoms with Crippen LogP contribution in [0.25, 0.3) is 21.5 Å². The van der Waals surface area contributed by atoms with Crippen LogP contribution in [0, 0.1) is 0 Å². The summed E-state index contributed by atoms with van der Waals surface area (Å²) in [6.45, 7) is 1.14. The molecule has 0 bridgehead atoms. The Hall–Kier alpha value is -3.40. The normalized spacial score (nSPS) is 21.2. The molecule has 5 aromatic carbocycles. The Morgan fingerprint density at radius 3 is 1.97 bits per heavy atom. The van der Waals surface area contributed by atoms with Crippen LogP contribution in [0.5, 0.6) is 0 Å². The molecule has 2 unspecified atom stereocenters. The molecule has 2 fully saturated rings. The summed E-state index contributed by atoms with van der Waals surface area (Å²) in [5, 5.41) is 5.21. The van der Waals surface area contributed by atoms with Crippen molar-refractivity contribution in [3.05, 3.63) is 126 Å². The molecular formula is C31H27BNO+. The van der Waals surface area contributed by atoms with Crippen molar-refractivity contribution in [3.63, 3.8) is 0 Å². The predicted molar refractivity (Wildman–Crippen MR) is 140 cm³/mol. The topological polar surface area (TPSA) is 13.7 Å². The van der Waals surface area contributed by atoms with E-state index in [4.69, 9.17) is 4.65 Å². The molecule has 0 radical (unpaired) electrons. The van der Waals surface area contributed by atoms with E-state index in [2.05, 4.69) is 115 Å². The maximum Gasteiger partial charge on any atom is 0.611 e. The van der Waals surface area contributed by atoms with Crippen LogP contribution in [0.2, 0.25) is 0 Å². The molecule has 164 valence electrons. The Kier molecular flexibility index (Phi) is 4.61. The van der Waals surface area contributed by atoms with Crippen LogP contribution < -0.4 is 10.3 Å². The smallest absolute Gasteiger partial charge is 0.368 e. The van der Waals surface area contributed by atoms with Crippen molar-refractivity contribution in [1.29, 1.82) is 0 Å². The molecule has 2 heterocycles. The van der Waals surface area contributed by atoms with Crippen LogP contribution >= 0.6 is 0 Å². The Morgan fingerprint density at radius 2 is 1.26 bits per heavy atom. The molecule has 0 aromatic heterocycles. The number of hydrogen-bond donors (Lipinski definition) is 1. The summed E-state index contributed by atoms with van der Waals surface area (Å²) in [5.74, 6) is 0. The molecule has 1 N–H and O–H groups in total. The molecule has 7 rings (SSSR count). The highest BCUT2D eigenvalue weighted by Gasteiger charge is 2.64. The molecule has 5 aromatic rings. The summed E-state index contributed by atoms with van der Waals surface area (Å²) in [5.41, 5.74) is 3.38. The van der Waals surface area contributed by atoms with Gasteiger partial charge in [0, 0.05) is 18.3 Å². The molecule has 2 aliphatic heterocycles. The largest absolute Gasteiger partial charge is 0.611 e. The highest BCUT2D eigenvalue weighted by atomic mass is 16.5. The quantitative estimate of drug-likeness (QED) is 0.317. The first-order valence-corrected chi connectivity index (χ1v) is 12.4. The summed E-state index contributed by atoms with van der Waals surface area (Å²) in [6, 6.07) is 42.2. The van der Waals surface area contributed by atoms with Crippen LogP contribution in [-0.4, -0.2) is 19.6 Å². The first-order valence-electron chi connectivity index (χ1n) is 12.4. The molecule has 0 saturated carbocycles. The molecule has 2 saturated heterocycles. The lowest BCUT2D eigenvalue weighted by molar-refractivity contribution is -0.799.